The van der Waals surface area contributed by atoms with E-state index in [1.165, 1.54) is 50.9 Å². The Balaban J connectivity index is 1.67. The third kappa shape index (κ3) is 3.01. The lowest BCUT2D eigenvalue weighted by Gasteiger charge is -2.32. The fraction of sp³-hybridized carbons (Fsp3) is 0.647. The van der Waals surface area contributed by atoms with Gasteiger partial charge in [-0.05, 0) is 61.5 Å². The monoisotopic (exact) mass is 258 g/mol. The van der Waals surface area contributed by atoms with Gasteiger partial charge in [0.15, 0.2) is 0 Å². The van der Waals surface area contributed by atoms with E-state index >= 15 is 0 Å². The molecule has 0 aliphatic carbocycles. The van der Waals surface area contributed by atoms with Crippen LogP contribution < -0.4 is 5.32 Å². The van der Waals surface area contributed by atoms with Crippen LogP contribution in [0.1, 0.15) is 42.9 Å². The highest BCUT2D eigenvalue weighted by molar-refractivity contribution is 5.37. The highest BCUT2D eigenvalue weighted by Gasteiger charge is 2.19. The van der Waals surface area contributed by atoms with Crippen LogP contribution in [0.4, 0.5) is 0 Å². The molecule has 0 bridgehead atoms. The summed E-state index contributed by atoms with van der Waals surface area (Å²) in [6.45, 7) is 8.28. The van der Waals surface area contributed by atoms with E-state index in [1.54, 1.807) is 11.1 Å². The van der Waals surface area contributed by atoms with Crippen molar-refractivity contribution in [2.45, 2.75) is 45.7 Å². The number of rotatable bonds is 3. The Morgan fingerprint density at radius 1 is 1.26 bits per heavy atom. The quantitative estimate of drug-likeness (QED) is 0.896. The third-order valence-electron chi connectivity index (χ3n) is 4.92. The van der Waals surface area contributed by atoms with Crippen LogP contribution in [0.25, 0.3) is 0 Å². The van der Waals surface area contributed by atoms with E-state index in [-0.39, 0.29) is 0 Å². The molecule has 0 spiro atoms. The van der Waals surface area contributed by atoms with Crippen LogP contribution in [0.5, 0.6) is 0 Å². The molecule has 0 saturated carbocycles. The summed E-state index contributed by atoms with van der Waals surface area (Å²) in [7, 11) is 0. The van der Waals surface area contributed by atoms with Crippen molar-refractivity contribution in [1.82, 2.24) is 10.2 Å². The van der Waals surface area contributed by atoms with Crippen LogP contribution in [0.3, 0.4) is 0 Å². The van der Waals surface area contributed by atoms with Gasteiger partial charge in [-0.15, -0.1) is 0 Å². The Morgan fingerprint density at radius 2 is 2.11 bits per heavy atom. The molecule has 2 heteroatoms. The lowest BCUT2D eigenvalue weighted by molar-refractivity contribution is 0.174. The first-order valence-corrected chi connectivity index (χ1v) is 7.89. The minimum absolute atomic E-state index is 0.977. The van der Waals surface area contributed by atoms with Gasteiger partial charge in [0.1, 0.15) is 0 Å². The first-order chi connectivity index (χ1) is 9.36. The molecule has 1 aromatic rings. The summed E-state index contributed by atoms with van der Waals surface area (Å²) in [6.07, 6.45) is 5.36. The normalized spacial score (nSPS) is 21.3. The molecular formula is C17H26N2. The molecule has 1 saturated heterocycles. The topological polar surface area (TPSA) is 15.3 Å². The molecule has 0 aromatic heterocycles. The number of hydrogen-bond donors (Lipinski definition) is 1. The number of piperidine rings is 1. The molecular weight excluding hydrogens is 232 g/mol. The van der Waals surface area contributed by atoms with Crippen molar-refractivity contribution < 1.29 is 0 Å². The second-order valence-electron chi connectivity index (χ2n) is 6.11. The van der Waals surface area contributed by atoms with Gasteiger partial charge < -0.3 is 5.32 Å². The Hall–Kier alpha value is -0.860. The molecule has 2 heterocycles. The van der Waals surface area contributed by atoms with Crippen molar-refractivity contribution in [1.29, 1.82) is 0 Å². The van der Waals surface area contributed by atoms with Crippen molar-refractivity contribution in [3.8, 4) is 0 Å². The molecule has 104 valence electrons. The van der Waals surface area contributed by atoms with Gasteiger partial charge in [0.05, 0.1) is 0 Å². The smallest absolute Gasteiger partial charge is 0.0236 e. The average Bonchev–Trinajstić information content (AvgIpc) is 2.48. The molecule has 1 fully saturated rings. The zero-order valence-electron chi connectivity index (χ0n) is 12.1. The van der Waals surface area contributed by atoms with E-state index in [9.17, 15) is 0 Å². The summed E-state index contributed by atoms with van der Waals surface area (Å²) in [6, 6.07) is 6.87. The van der Waals surface area contributed by atoms with Gasteiger partial charge in [0.2, 0.25) is 0 Å². The SMILES string of the molecule is CCC1CCN(Cc2cccc3c2CCNC3)CC1. The fourth-order valence-electron chi connectivity index (χ4n) is 3.55. The lowest BCUT2D eigenvalue weighted by atomic mass is 9.92. The van der Waals surface area contributed by atoms with E-state index < -0.39 is 0 Å². The highest BCUT2D eigenvalue weighted by atomic mass is 15.1. The van der Waals surface area contributed by atoms with Gasteiger partial charge in [0, 0.05) is 13.1 Å². The maximum absolute atomic E-state index is 3.47. The summed E-state index contributed by atoms with van der Waals surface area (Å²) in [5, 5.41) is 3.47. The zero-order chi connectivity index (χ0) is 13.1. The van der Waals surface area contributed by atoms with E-state index in [4.69, 9.17) is 0 Å². The van der Waals surface area contributed by atoms with Crippen LogP contribution in [0.15, 0.2) is 18.2 Å². The standard InChI is InChI=1S/C17H26N2/c1-2-14-7-10-19(11-8-14)13-16-5-3-4-15-12-18-9-6-17(15)16/h3-5,14,18H,2,6-13H2,1H3. The number of nitrogens with one attached hydrogen (secondary N) is 1. The maximum Gasteiger partial charge on any atom is 0.0236 e. The Bertz CT molecular complexity index is 419. The van der Waals surface area contributed by atoms with Crippen molar-refractivity contribution in [3.63, 3.8) is 0 Å². The number of fused-ring (bicyclic) bond motifs is 1. The molecule has 1 N–H and O–H groups in total. The molecule has 0 atom stereocenters. The summed E-state index contributed by atoms with van der Waals surface area (Å²) in [4.78, 5) is 2.66. The van der Waals surface area contributed by atoms with Crippen LogP contribution >= 0.6 is 0 Å². The van der Waals surface area contributed by atoms with Crippen LogP contribution in [-0.4, -0.2) is 24.5 Å². The van der Waals surface area contributed by atoms with E-state index in [2.05, 4.69) is 35.3 Å². The molecule has 2 aliphatic rings. The largest absolute Gasteiger partial charge is 0.312 e. The zero-order valence-corrected chi connectivity index (χ0v) is 12.1. The number of benzene rings is 1. The minimum Gasteiger partial charge on any atom is -0.312 e. The highest BCUT2D eigenvalue weighted by Crippen LogP contribution is 2.24. The van der Waals surface area contributed by atoms with Crippen LogP contribution in [0, 0.1) is 5.92 Å². The predicted molar refractivity (Wildman–Crippen MR) is 80.1 cm³/mol. The molecule has 2 aliphatic heterocycles. The minimum atomic E-state index is 0.977. The second-order valence-corrected chi connectivity index (χ2v) is 6.11. The first-order valence-electron chi connectivity index (χ1n) is 7.89. The van der Waals surface area contributed by atoms with Gasteiger partial charge in [-0.1, -0.05) is 31.5 Å². The molecule has 3 rings (SSSR count). The van der Waals surface area contributed by atoms with Gasteiger partial charge in [-0.3, -0.25) is 4.90 Å². The first kappa shape index (κ1) is 13.1. The molecule has 1 aromatic carbocycles. The summed E-state index contributed by atoms with van der Waals surface area (Å²) in [5.74, 6) is 0.977. The van der Waals surface area contributed by atoms with Crippen molar-refractivity contribution >= 4 is 0 Å². The number of nitrogens with zero attached hydrogens (tertiary/aromatic N) is 1. The van der Waals surface area contributed by atoms with Crippen LogP contribution in [0.2, 0.25) is 0 Å². The molecule has 0 radical (unpaired) electrons. The van der Waals surface area contributed by atoms with Gasteiger partial charge in [0.25, 0.3) is 0 Å². The third-order valence-corrected chi connectivity index (χ3v) is 4.92. The Labute approximate surface area is 117 Å². The van der Waals surface area contributed by atoms with Gasteiger partial charge in [-0.2, -0.15) is 0 Å². The molecule has 19 heavy (non-hydrogen) atoms. The maximum atomic E-state index is 3.47. The molecule has 0 amide bonds. The average molecular weight is 258 g/mol. The van der Waals surface area contributed by atoms with Crippen molar-refractivity contribution in [2.24, 2.45) is 5.92 Å². The van der Waals surface area contributed by atoms with Crippen molar-refractivity contribution in [2.75, 3.05) is 19.6 Å². The van der Waals surface area contributed by atoms with Crippen molar-refractivity contribution in [3.05, 3.63) is 34.9 Å². The van der Waals surface area contributed by atoms with E-state index in [1.807, 2.05) is 0 Å². The summed E-state index contributed by atoms with van der Waals surface area (Å²) >= 11 is 0. The number of likely N-dealkylation sites (tertiary alicyclic amines) is 1. The van der Waals surface area contributed by atoms with Gasteiger partial charge in [-0.25, -0.2) is 0 Å². The van der Waals surface area contributed by atoms with Gasteiger partial charge >= 0.3 is 0 Å². The fourth-order valence-corrected chi connectivity index (χ4v) is 3.55. The Kier molecular flexibility index (Phi) is 4.19. The van der Waals surface area contributed by atoms with Crippen LogP contribution in [-0.2, 0) is 19.5 Å². The number of hydrogen-bond acceptors (Lipinski definition) is 2. The predicted octanol–water partition coefficient (Wildman–Crippen LogP) is 2.95. The Morgan fingerprint density at radius 3 is 2.89 bits per heavy atom. The van der Waals surface area contributed by atoms with E-state index in [0.717, 1.165) is 19.0 Å². The molecule has 2 nitrogen and oxygen atoms in total. The summed E-state index contributed by atoms with van der Waals surface area (Å²) < 4.78 is 0. The van der Waals surface area contributed by atoms with E-state index in [0.29, 0.717) is 0 Å². The second kappa shape index (κ2) is 6.06. The molecule has 0 unspecified atom stereocenters. The summed E-state index contributed by atoms with van der Waals surface area (Å²) in [5.41, 5.74) is 4.72. The lowest BCUT2D eigenvalue weighted by Crippen LogP contribution is -2.34.